The average molecular weight is 448 g/mol. The molecule has 1 aliphatic rings. The molecule has 1 aliphatic heterocycles. The molecule has 0 radical (unpaired) electrons. The quantitative estimate of drug-likeness (QED) is 0.586. The smallest absolute Gasteiger partial charge is 0.306 e. The molecule has 1 fully saturated rings. The lowest BCUT2D eigenvalue weighted by atomic mass is 9.98. The van der Waals surface area contributed by atoms with Gasteiger partial charge in [-0.25, -0.2) is 4.98 Å². The third-order valence-corrected chi connectivity index (χ3v) is 5.20. The Labute approximate surface area is 187 Å². The molecule has 2 atom stereocenters. The molecular formula is C23H30FN3O5. The average Bonchev–Trinajstić information content (AvgIpc) is 3.21. The maximum Gasteiger partial charge on any atom is 0.306 e. The van der Waals surface area contributed by atoms with Crippen LogP contribution >= 0.6 is 0 Å². The Hall–Kier alpha value is -2.94. The van der Waals surface area contributed by atoms with Gasteiger partial charge < -0.3 is 24.2 Å². The van der Waals surface area contributed by atoms with Crippen LogP contribution in [-0.2, 0) is 9.53 Å². The van der Waals surface area contributed by atoms with Crippen molar-refractivity contribution in [3.63, 3.8) is 0 Å². The van der Waals surface area contributed by atoms with Crippen LogP contribution in [0.4, 0.5) is 10.2 Å². The second-order valence-corrected chi connectivity index (χ2v) is 8.64. The summed E-state index contributed by atoms with van der Waals surface area (Å²) in [5.41, 5.74) is -0.0750. The fraction of sp³-hybridized carbons (Fsp3) is 0.522. The molecule has 0 aliphatic carbocycles. The van der Waals surface area contributed by atoms with Crippen LogP contribution in [0.15, 0.2) is 30.6 Å². The molecule has 1 N–H and O–H groups in total. The van der Waals surface area contributed by atoms with Gasteiger partial charge >= 0.3 is 5.97 Å². The van der Waals surface area contributed by atoms with E-state index in [1.54, 1.807) is 18.7 Å². The van der Waals surface area contributed by atoms with Crippen LogP contribution in [0, 0.1) is 5.82 Å². The number of methoxy groups -OCH3 is 1. The van der Waals surface area contributed by atoms with E-state index in [2.05, 4.69) is 9.97 Å². The lowest BCUT2D eigenvalue weighted by molar-refractivity contribution is -0.140. The monoisotopic (exact) mass is 447 g/mol. The zero-order chi connectivity index (χ0) is 23.3. The van der Waals surface area contributed by atoms with E-state index < -0.39 is 11.4 Å². The normalized spacial score (nSPS) is 17.2. The van der Waals surface area contributed by atoms with Crippen LogP contribution in [0.2, 0.25) is 0 Å². The molecule has 2 heterocycles. The van der Waals surface area contributed by atoms with Gasteiger partial charge in [-0.05, 0) is 37.5 Å². The number of aromatic nitrogens is 2. The van der Waals surface area contributed by atoms with Gasteiger partial charge in [-0.3, -0.25) is 4.79 Å². The van der Waals surface area contributed by atoms with Crippen molar-refractivity contribution in [3.8, 4) is 11.6 Å². The first-order valence-electron chi connectivity index (χ1n) is 10.6. The minimum Gasteiger partial charge on any atom is -0.489 e. The number of esters is 1. The topological polar surface area (TPSA) is 94.0 Å². The van der Waals surface area contributed by atoms with Crippen molar-refractivity contribution in [2.75, 3.05) is 31.7 Å². The summed E-state index contributed by atoms with van der Waals surface area (Å²) in [5.74, 6) is -0.159. The summed E-state index contributed by atoms with van der Waals surface area (Å²) in [6.07, 6.45) is 2.16. The molecule has 8 nitrogen and oxygen atoms in total. The van der Waals surface area contributed by atoms with Crippen LogP contribution in [0.5, 0.6) is 11.6 Å². The Bertz CT molecular complexity index is 917. The first-order valence-corrected chi connectivity index (χ1v) is 10.6. The fourth-order valence-corrected chi connectivity index (χ4v) is 3.45. The Kier molecular flexibility index (Phi) is 7.50. The highest BCUT2D eigenvalue weighted by molar-refractivity contribution is 5.70. The van der Waals surface area contributed by atoms with Crippen LogP contribution in [0.3, 0.4) is 0 Å². The summed E-state index contributed by atoms with van der Waals surface area (Å²) in [6, 6.07) is 7.62. The van der Waals surface area contributed by atoms with Crippen molar-refractivity contribution < 1.29 is 28.5 Å². The molecule has 1 aromatic carbocycles. The molecule has 174 valence electrons. The second-order valence-electron chi connectivity index (χ2n) is 8.64. The molecule has 0 saturated carbocycles. The van der Waals surface area contributed by atoms with E-state index in [1.807, 2.05) is 31.2 Å². The summed E-state index contributed by atoms with van der Waals surface area (Å²) in [6.45, 7) is 6.08. The highest BCUT2D eigenvalue weighted by Crippen LogP contribution is 2.29. The Morgan fingerprint density at radius 1 is 1.31 bits per heavy atom. The van der Waals surface area contributed by atoms with Gasteiger partial charge in [0.05, 0.1) is 25.7 Å². The molecule has 0 bridgehead atoms. The molecule has 32 heavy (non-hydrogen) atoms. The number of aliphatic hydroxyl groups is 1. The Balaban J connectivity index is 1.59. The summed E-state index contributed by atoms with van der Waals surface area (Å²) in [4.78, 5) is 21.2. The summed E-state index contributed by atoms with van der Waals surface area (Å²) in [5, 5.41) is 9.78. The number of ether oxygens (including phenoxy) is 3. The van der Waals surface area contributed by atoms with Crippen LogP contribution in [0.1, 0.15) is 45.1 Å². The third-order valence-electron chi connectivity index (χ3n) is 5.20. The van der Waals surface area contributed by atoms with Gasteiger partial charge in [0.1, 0.15) is 24.8 Å². The largest absolute Gasteiger partial charge is 0.489 e. The standard InChI is InChI=1S/C23H30FN3O5/c1-15(11-19(28)30-4)16-5-7-17(8-6-16)32-18-9-10-27(12-18)21-20(24)22(26-14-25-21)31-13-23(2,3)29/h5-8,14-15,18,29H,9-13H2,1-4H3/t15-,18?/m1/s1. The van der Waals surface area contributed by atoms with Crippen molar-refractivity contribution in [1.29, 1.82) is 0 Å². The number of carbonyl (C=O) groups excluding carboxylic acids is 1. The SMILES string of the molecule is COC(=O)C[C@@H](C)c1ccc(OC2CCN(c3ncnc(OCC(C)(C)O)c3F)C2)cc1. The van der Waals surface area contributed by atoms with E-state index in [-0.39, 0.29) is 36.3 Å². The summed E-state index contributed by atoms with van der Waals surface area (Å²) >= 11 is 0. The van der Waals surface area contributed by atoms with E-state index in [0.29, 0.717) is 31.7 Å². The Morgan fingerprint density at radius 3 is 2.69 bits per heavy atom. The van der Waals surface area contributed by atoms with Crippen LogP contribution in [0.25, 0.3) is 0 Å². The maximum atomic E-state index is 14.8. The van der Waals surface area contributed by atoms with Gasteiger partial charge in [-0.15, -0.1) is 0 Å². The third kappa shape index (κ3) is 6.29. The van der Waals surface area contributed by atoms with Gasteiger partial charge in [0.2, 0.25) is 5.82 Å². The first-order chi connectivity index (χ1) is 15.2. The molecular weight excluding hydrogens is 417 g/mol. The predicted molar refractivity (Wildman–Crippen MR) is 117 cm³/mol. The molecule has 1 unspecified atom stereocenters. The molecule has 1 aromatic heterocycles. The van der Waals surface area contributed by atoms with Crippen molar-refractivity contribution in [3.05, 3.63) is 42.0 Å². The van der Waals surface area contributed by atoms with E-state index >= 15 is 0 Å². The highest BCUT2D eigenvalue weighted by atomic mass is 19.1. The zero-order valence-corrected chi connectivity index (χ0v) is 18.9. The molecule has 9 heteroatoms. The van der Waals surface area contributed by atoms with Gasteiger partial charge in [-0.2, -0.15) is 9.37 Å². The van der Waals surface area contributed by atoms with Gasteiger partial charge in [0, 0.05) is 13.0 Å². The van der Waals surface area contributed by atoms with Gasteiger partial charge in [0.25, 0.3) is 5.88 Å². The number of benzene rings is 1. The van der Waals surface area contributed by atoms with Crippen molar-refractivity contribution in [2.24, 2.45) is 0 Å². The molecule has 2 aromatic rings. The molecule has 1 saturated heterocycles. The van der Waals surface area contributed by atoms with Crippen molar-refractivity contribution >= 4 is 11.8 Å². The maximum absolute atomic E-state index is 14.8. The van der Waals surface area contributed by atoms with E-state index in [0.717, 1.165) is 5.56 Å². The number of hydrogen-bond acceptors (Lipinski definition) is 8. The summed E-state index contributed by atoms with van der Waals surface area (Å²) < 4.78 is 31.0. The number of carbonyl (C=O) groups is 1. The number of nitrogens with zero attached hydrogens (tertiary/aromatic N) is 3. The minimum absolute atomic E-state index is 0.0482. The molecule has 0 spiro atoms. The first kappa shape index (κ1) is 23.7. The van der Waals surface area contributed by atoms with E-state index in [4.69, 9.17) is 14.2 Å². The minimum atomic E-state index is -1.10. The number of rotatable bonds is 9. The van der Waals surface area contributed by atoms with Crippen molar-refractivity contribution in [1.82, 2.24) is 9.97 Å². The van der Waals surface area contributed by atoms with Crippen LogP contribution in [-0.4, -0.2) is 59.6 Å². The zero-order valence-electron chi connectivity index (χ0n) is 18.9. The number of anilines is 1. The second kappa shape index (κ2) is 10.1. The Morgan fingerprint density at radius 2 is 2.03 bits per heavy atom. The van der Waals surface area contributed by atoms with Gasteiger partial charge in [-0.1, -0.05) is 19.1 Å². The molecule has 0 amide bonds. The lowest BCUT2D eigenvalue weighted by Gasteiger charge is -2.21. The number of hydrogen-bond donors (Lipinski definition) is 1. The van der Waals surface area contributed by atoms with Gasteiger partial charge in [0.15, 0.2) is 5.82 Å². The predicted octanol–water partition coefficient (Wildman–Crippen LogP) is 3.09. The lowest BCUT2D eigenvalue weighted by Crippen LogP contribution is -2.29. The van der Waals surface area contributed by atoms with Crippen molar-refractivity contribution in [2.45, 2.75) is 51.2 Å². The molecule has 3 rings (SSSR count). The number of halogens is 1. The van der Waals surface area contributed by atoms with E-state index in [1.165, 1.54) is 13.4 Å². The van der Waals surface area contributed by atoms with E-state index in [9.17, 15) is 14.3 Å². The summed E-state index contributed by atoms with van der Waals surface area (Å²) in [7, 11) is 1.38. The highest BCUT2D eigenvalue weighted by Gasteiger charge is 2.29. The van der Waals surface area contributed by atoms with Crippen LogP contribution < -0.4 is 14.4 Å². The fourth-order valence-electron chi connectivity index (χ4n) is 3.45.